The quantitative estimate of drug-likeness (QED) is 0.307. The second kappa shape index (κ2) is 8.47. The van der Waals surface area contributed by atoms with Crippen LogP contribution in [0, 0.1) is 23.7 Å². The molecule has 4 nitrogen and oxygen atoms in total. The number of Topliss-reactive ketones (excluding diaryl/α,β-unsaturated/α-hetero) is 1. The molecule has 0 bridgehead atoms. The Morgan fingerprint density at radius 1 is 1.36 bits per heavy atom. The van der Waals surface area contributed by atoms with E-state index < -0.39 is 23.9 Å². The fourth-order valence-corrected chi connectivity index (χ4v) is 2.99. The van der Waals surface area contributed by atoms with Crippen LogP contribution in [0.15, 0.2) is 12.2 Å². The first-order valence-corrected chi connectivity index (χ1v) is 8.37. The van der Waals surface area contributed by atoms with Gasteiger partial charge in [-0.2, -0.15) is 0 Å². The number of rotatable bonds is 9. The number of ketones is 1. The van der Waals surface area contributed by atoms with Gasteiger partial charge in [-0.3, -0.25) is 9.59 Å². The number of aliphatic hydroxyl groups is 1. The molecule has 0 aromatic heterocycles. The molecule has 0 spiro atoms. The van der Waals surface area contributed by atoms with Gasteiger partial charge in [0.15, 0.2) is 5.78 Å². The van der Waals surface area contributed by atoms with Crippen LogP contribution < -0.4 is 0 Å². The largest absolute Gasteiger partial charge is 0.465 e. The number of carbonyl (C=O) groups excluding carboxylic acids is 2. The first-order chi connectivity index (χ1) is 10.3. The minimum absolute atomic E-state index is 0.0944. The minimum Gasteiger partial charge on any atom is -0.465 e. The van der Waals surface area contributed by atoms with Gasteiger partial charge >= 0.3 is 5.97 Å². The van der Waals surface area contributed by atoms with Crippen molar-refractivity contribution in [1.82, 2.24) is 0 Å². The Hall–Kier alpha value is -1.16. The van der Waals surface area contributed by atoms with Gasteiger partial charge in [-0.05, 0) is 24.3 Å². The third kappa shape index (κ3) is 4.42. The zero-order valence-electron chi connectivity index (χ0n) is 14.3. The molecule has 1 aliphatic rings. The summed E-state index contributed by atoms with van der Waals surface area (Å²) in [5.41, 5.74) is 0.682. The predicted molar refractivity (Wildman–Crippen MR) is 86.2 cm³/mol. The van der Waals surface area contributed by atoms with Crippen molar-refractivity contribution in [1.29, 1.82) is 0 Å². The monoisotopic (exact) mass is 310 g/mol. The van der Waals surface area contributed by atoms with Crippen LogP contribution in [0.3, 0.4) is 0 Å². The molecule has 1 saturated heterocycles. The Kier molecular flexibility index (Phi) is 7.27. The first-order valence-electron chi connectivity index (χ1n) is 8.37. The van der Waals surface area contributed by atoms with Gasteiger partial charge in [0.25, 0.3) is 0 Å². The molecule has 1 N–H and O–H groups in total. The van der Waals surface area contributed by atoms with Gasteiger partial charge in [0.05, 0.1) is 12.7 Å². The van der Waals surface area contributed by atoms with Gasteiger partial charge in [-0.25, -0.2) is 0 Å². The summed E-state index contributed by atoms with van der Waals surface area (Å²) < 4.78 is 5.07. The standard InChI is InChI=1S/C18H30O4/c1-6-7-8-9-12(4)16(19)13(5)17(20)15-14(11(2)3)10-22-18(15)21/h11,13-16,19H,4,6-10H2,1-3,5H3/t13?,14-,15?,16?/m1/s1. The number of unbranched alkanes of at least 4 members (excludes halogenated alkanes) is 2. The number of hydrogen-bond acceptors (Lipinski definition) is 4. The van der Waals surface area contributed by atoms with Crippen LogP contribution in [0.1, 0.15) is 53.4 Å². The van der Waals surface area contributed by atoms with E-state index in [4.69, 9.17) is 4.74 Å². The van der Waals surface area contributed by atoms with Crippen LogP contribution in [0.25, 0.3) is 0 Å². The lowest BCUT2D eigenvalue weighted by Gasteiger charge is -2.25. The lowest BCUT2D eigenvalue weighted by Crippen LogP contribution is -2.37. The van der Waals surface area contributed by atoms with E-state index in [0.29, 0.717) is 12.2 Å². The molecule has 1 heterocycles. The van der Waals surface area contributed by atoms with Crippen LogP contribution in [-0.2, 0) is 14.3 Å². The summed E-state index contributed by atoms with van der Waals surface area (Å²) in [6.07, 6.45) is 2.98. The average molecular weight is 310 g/mol. The molecule has 1 fully saturated rings. The summed E-state index contributed by atoms with van der Waals surface area (Å²) in [6.45, 7) is 12.0. The summed E-state index contributed by atoms with van der Waals surface area (Å²) in [5.74, 6) is -1.93. The molecule has 0 saturated carbocycles. The van der Waals surface area contributed by atoms with E-state index in [1.807, 2.05) is 13.8 Å². The zero-order chi connectivity index (χ0) is 16.9. The number of aliphatic hydroxyl groups excluding tert-OH is 1. The molecule has 1 rings (SSSR count). The highest BCUT2D eigenvalue weighted by molar-refractivity contribution is 6.01. The highest BCUT2D eigenvalue weighted by Crippen LogP contribution is 2.33. The normalized spacial score (nSPS) is 24.2. The van der Waals surface area contributed by atoms with Gasteiger partial charge in [-0.1, -0.05) is 47.1 Å². The zero-order valence-corrected chi connectivity index (χ0v) is 14.3. The molecular formula is C18H30O4. The second-order valence-electron chi connectivity index (χ2n) is 6.77. The van der Waals surface area contributed by atoms with Crippen LogP contribution in [0.5, 0.6) is 0 Å². The Morgan fingerprint density at radius 2 is 2.00 bits per heavy atom. The molecule has 0 radical (unpaired) electrons. The number of esters is 1. The molecule has 0 aromatic carbocycles. The van der Waals surface area contributed by atoms with Crippen molar-refractivity contribution in [3.8, 4) is 0 Å². The summed E-state index contributed by atoms with van der Waals surface area (Å²) in [4.78, 5) is 24.5. The van der Waals surface area contributed by atoms with Crippen molar-refractivity contribution >= 4 is 11.8 Å². The molecular weight excluding hydrogens is 280 g/mol. The second-order valence-corrected chi connectivity index (χ2v) is 6.77. The Labute approximate surface area is 133 Å². The van der Waals surface area contributed by atoms with Crippen molar-refractivity contribution in [2.24, 2.45) is 23.7 Å². The maximum Gasteiger partial charge on any atom is 0.316 e. The third-order valence-electron chi connectivity index (χ3n) is 4.71. The summed E-state index contributed by atoms with van der Waals surface area (Å²) >= 11 is 0. The average Bonchev–Trinajstić information content (AvgIpc) is 2.87. The fraction of sp³-hybridized carbons (Fsp3) is 0.778. The van der Waals surface area contributed by atoms with E-state index in [2.05, 4.69) is 13.5 Å². The minimum atomic E-state index is -0.884. The molecule has 0 amide bonds. The van der Waals surface area contributed by atoms with Gasteiger partial charge < -0.3 is 9.84 Å². The molecule has 4 heteroatoms. The van der Waals surface area contributed by atoms with Gasteiger partial charge in [0.1, 0.15) is 5.92 Å². The maximum atomic E-state index is 12.6. The van der Waals surface area contributed by atoms with Gasteiger partial charge in [0.2, 0.25) is 0 Å². The topological polar surface area (TPSA) is 63.6 Å². The van der Waals surface area contributed by atoms with Crippen molar-refractivity contribution in [2.45, 2.75) is 59.5 Å². The van der Waals surface area contributed by atoms with Gasteiger partial charge in [0, 0.05) is 11.8 Å². The van der Waals surface area contributed by atoms with E-state index >= 15 is 0 Å². The van der Waals surface area contributed by atoms with Crippen LogP contribution in [0.4, 0.5) is 0 Å². The summed E-state index contributed by atoms with van der Waals surface area (Å²) in [6, 6.07) is 0. The van der Waals surface area contributed by atoms with Crippen LogP contribution >= 0.6 is 0 Å². The molecule has 3 unspecified atom stereocenters. The number of carbonyl (C=O) groups is 2. The fourth-order valence-electron chi connectivity index (χ4n) is 2.99. The SMILES string of the molecule is C=C(CCCCC)C(O)C(C)C(=O)C1C(=O)OC[C@@H]1C(C)C. The molecule has 0 aliphatic carbocycles. The van der Waals surface area contributed by atoms with E-state index in [-0.39, 0.29) is 17.6 Å². The van der Waals surface area contributed by atoms with E-state index in [9.17, 15) is 14.7 Å². The Morgan fingerprint density at radius 3 is 2.55 bits per heavy atom. The lowest BCUT2D eigenvalue weighted by atomic mass is 9.77. The number of hydrogen-bond donors (Lipinski definition) is 1. The Bertz CT molecular complexity index is 413. The van der Waals surface area contributed by atoms with E-state index in [1.165, 1.54) is 0 Å². The van der Waals surface area contributed by atoms with Crippen molar-refractivity contribution in [3.63, 3.8) is 0 Å². The number of ether oxygens (including phenoxy) is 1. The summed E-state index contributed by atoms with van der Waals surface area (Å²) in [7, 11) is 0. The smallest absolute Gasteiger partial charge is 0.316 e. The molecule has 4 atom stereocenters. The molecule has 126 valence electrons. The maximum absolute atomic E-state index is 12.6. The number of cyclic esters (lactones) is 1. The van der Waals surface area contributed by atoms with Crippen LogP contribution in [-0.4, -0.2) is 29.6 Å². The molecule has 22 heavy (non-hydrogen) atoms. The van der Waals surface area contributed by atoms with Crippen molar-refractivity contribution < 1.29 is 19.4 Å². The van der Waals surface area contributed by atoms with E-state index in [0.717, 1.165) is 25.7 Å². The van der Waals surface area contributed by atoms with E-state index in [1.54, 1.807) is 6.92 Å². The van der Waals surface area contributed by atoms with Gasteiger partial charge in [-0.15, -0.1) is 0 Å². The summed E-state index contributed by atoms with van der Waals surface area (Å²) in [5, 5.41) is 10.4. The lowest BCUT2D eigenvalue weighted by molar-refractivity contribution is -0.146. The molecule has 1 aliphatic heterocycles. The first kappa shape index (κ1) is 18.9. The Balaban J connectivity index is 2.70. The third-order valence-corrected chi connectivity index (χ3v) is 4.71. The highest BCUT2D eigenvalue weighted by atomic mass is 16.5. The van der Waals surface area contributed by atoms with Crippen molar-refractivity contribution in [2.75, 3.05) is 6.61 Å². The van der Waals surface area contributed by atoms with Crippen molar-refractivity contribution in [3.05, 3.63) is 12.2 Å². The highest BCUT2D eigenvalue weighted by Gasteiger charge is 2.46. The molecule has 0 aromatic rings. The van der Waals surface area contributed by atoms with Crippen LogP contribution in [0.2, 0.25) is 0 Å². The predicted octanol–water partition coefficient (Wildman–Crippen LogP) is 3.13.